The molecule has 2 amide bonds. The van der Waals surface area contributed by atoms with Crippen LogP contribution in [0, 0.1) is 5.92 Å². The van der Waals surface area contributed by atoms with E-state index in [1.807, 2.05) is 18.7 Å². The summed E-state index contributed by atoms with van der Waals surface area (Å²) in [4.78, 5) is 25.5. The molecular formula is C13H23N3O2. The number of nitrogens with one attached hydrogen (secondary N) is 1. The van der Waals surface area contributed by atoms with E-state index in [-0.39, 0.29) is 17.9 Å². The second kappa shape index (κ2) is 5.26. The standard InChI is InChI=1S/C13H23N3O2/c1-8(2)5-11(14)13(18)15-9-6-12(17)16(7-9)10-3-4-10/h8-11H,3-7,14H2,1-2H3,(H,15,18)/t9?,11-/m0/s1. The van der Waals surface area contributed by atoms with E-state index in [1.165, 1.54) is 0 Å². The topological polar surface area (TPSA) is 75.4 Å². The van der Waals surface area contributed by atoms with Crippen LogP contribution >= 0.6 is 0 Å². The zero-order chi connectivity index (χ0) is 13.3. The second-order valence-corrected chi connectivity index (χ2v) is 5.92. The molecule has 2 rings (SSSR count). The van der Waals surface area contributed by atoms with E-state index in [4.69, 9.17) is 5.73 Å². The van der Waals surface area contributed by atoms with E-state index in [1.54, 1.807) is 0 Å². The quantitative estimate of drug-likeness (QED) is 0.737. The molecule has 0 aromatic rings. The van der Waals surface area contributed by atoms with Gasteiger partial charge in [-0.2, -0.15) is 0 Å². The molecule has 18 heavy (non-hydrogen) atoms. The van der Waals surface area contributed by atoms with Crippen molar-refractivity contribution in [1.29, 1.82) is 0 Å². The van der Waals surface area contributed by atoms with Crippen molar-refractivity contribution in [2.45, 2.75) is 57.7 Å². The number of hydrogen-bond acceptors (Lipinski definition) is 3. The van der Waals surface area contributed by atoms with Gasteiger partial charge in [0.25, 0.3) is 0 Å². The average molecular weight is 253 g/mol. The summed E-state index contributed by atoms with van der Waals surface area (Å²) < 4.78 is 0. The lowest BCUT2D eigenvalue weighted by molar-refractivity contribution is -0.128. The van der Waals surface area contributed by atoms with Crippen LogP contribution in [0.25, 0.3) is 0 Å². The van der Waals surface area contributed by atoms with Gasteiger partial charge in [0.1, 0.15) is 0 Å². The van der Waals surface area contributed by atoms with Crippen molar-refractivity contribution in [2.24, 2.45) is 11.7 Å². The minimum absolute atomic E-state index is 0.0520. The van der Waals surface area contributed by atoms with Gasteiger partial charge >= 0.3 is 0 Å². The molecule has 102 valence electrons. The van der Waals surface area contributed by atoms with Crippen molar-refractivity contribution < 1.29 is 9.59 Å². The van der Waals surface area contributed by atoms with E-state index >= 15 is 0 Å². The highest BCUT2D eigenvalue weighted by Crippen LogP contribution is 2.30. The first-order valence-electron chi connectivity index (χ1n) is 6.82. The fourth-order valence-electron chi connectivity index (χ4n) is 2.49. The lowest BCUT2D eigenvalue weighted by atomic mass is 10.0. The minimum Gasteiger partial charge on any atom is -0.350 e. The monoisotopic (exact) mass is 253 g/mol. The van der Waals surface area contributed by atoms with Gasteiger partial charge in [-0.15, -0.1) is 0 Å². The lowest BCUT2D eigenvalue weighted by Gasteiger charge is -2.19. The van der Waals surface area contributed by atoms with Crippen molar-refractivity contribution in [3.8, 4) is 0 Å². The van der Waals surface area contributed by atoms with E-state index in [0.717, 1.165) is 12.8 Å². The fourth-order valence-corrected chi connectivity index (χ4v) is 2.49. The molecule has 3 N–H and O–H groups in total. The van der Waals surface area contributed by atoms with Crippen molar-refractivity contribution in [2.75, 3.05) is 6.54 Å². The summed E-state index contributed by atoms with van der Waals surface area (Å²) in [5.41, 5.74) is 5.83. The third-order valence-corrected chi connectivity index (χ3v) is 3.55. The Morgan fingerprint density at radius 2 is 2.17 bits per heavy atom. The number of carbonyl (C=O) groups is 2. The van der Waals surface area contributed by atoms with E-state index in [9.17, 15) is 9.59 Å². The third kappa shape index (κ3) is 3.22. The zero-order valence-corrected chi connectivity index (χ0v) is 11.2. The molecule has 0 spiro atoms. The van der Waals surface area contributed by atoms with Gasteiger partial charge in [-0.25, -0.2) is 0 Å². The second-order valence-electron chi connectivity index (χ2n) is 5.92. The van der Waals surface area contributed by atoms with Gasteiger partial charge < -0.3 is 16.0 Å². The van der Waals surface area contributed by atoms with Crippen molar-refractivity contribution >= 4 is 11.8 Å². The summed E-state index contributed by atoms with van der Waals surface area (Å²) >= 11 is 0. The Bertz CT molecular complexity index is 339. The van der Waals surface area contributed by atoms with Gasteiger partial charge in [0, 0.05) is 19.0 Å². The molecule has 1 aliphatic heterocycles. The number of nitrogens with zero attached hydrogens (tertiary/aromatic N) is 1. The molecule has 1 aliphatic carbocycles. The molecule has 0 bridgehead atoms. The van der Waals surface area contributed by atoms with Crippen molar-refractivity contribution in [1.82, 2.24) is 10.2 Å². The van der Waals surface area contributed by atoms with E-state index in [2.05, 4.69) is 5.32 Å². The highest BCUT2D eigenvalue weighted by Gasteiger charge is 2.39. The number of carbonyl (C=O) groups excluding carboxylic acids is 2. The van der Waals surface area contributed by atoms with Gasteiger partial charge in [0.2, 0.25) is 11.8 Å². The lowest BCUT2D eigenvalue weighted by Crippen LogP contribution is -2.46. The molecular weight excluding hydrogens is 230 g/mol. The molecule has 5 heteroatoms. The minimum atomic E-state index is -0.463. The summed E-state index contributed by atoms with van der Waals surface area (Å²) in [5, 5.41) is 2.90. The van der Waals surface area contributed by atoms with E-state index in [0.29, 0.717) is 31.3 Å². The number of likely N-dealkylation sites (tertiary alicyclic amines) is 1. The highest BCUT2D eigenvalue weighted by molar-refractivity contribution is 5.85. The van der Waals surface area contributed by atoms with Crippen molar-refractivity contribution in [3.63, 3.8) is 0 Å². The van der Waals surface area contributed by atoms with Crippen LogP contribution in [0.3, 0.4) is 0 Å². The van der Waals surface area contributed by atoms with Gasteiger partial charge in [-0.1, -0.05) is 13.8 Å². The maximum atomic E-state index is 11.9. The molecule has 2 aliphatic rings. The van der Waals surface area contributed by atoms with Gasteiger partial charge in [-0.05, 0) is 25.2 Å². The summed E-state index contributed by atoms with van der Waals surface area (Å²) in [6.07, 6.45) is 3.33. The summed E-state index contributed by atoms with van der Waals surface area (Å²) in [6.45, 7) is 4.74. The van der Waals surface area contributed by atoms with Crippen LogP contribution in [0.5, 0.6) is 0 Å². The van der Waals surface area contributed by atoms with Gasteiger partial charge in [-0.3, -0.25) is 9.59 Å². The average Bonchev–Trinajstić information content (AvgIpc) is 3.03. The SMILES string of the molecule is CC(C)C[C@H](N)C(=O)NC1CC(=O)N(C2CC2)C1. The first-order valence-corrected chi connectivity index (χ1v) is 6.82. The Hall–Kier alpha value is -1.10. The number of amides is 2. The molecule has 1 saturated heterocycles. The smallest absolute Gasteiger partial charge is 0.237 e. The third-order valence-electron chi connectivity index (χ3n) is 3.55. The van der Waals surface area contributed by atoms with Crippen LogP contribution in [-0.2, 0) is 9.59 Å². The molecule has 5 nitrogen and oxygen atoms in total. The summed E-state index contributed by atoms with van der Waals surface area (Å²) in [7, 11) is 0. The Morgan fingerprint density at radius 3 is 2.72 bits per heavy atom. The summed E-state index contributed by atoms with van der Waals surface area (Å²) in [6, 6.07) is -0.0809. The summed E-state index contributed by atoms with van der Waals surface area (Å²) in [5.74, 6) is 0.443. The predicted octanol–water partition coefficient (Wildman–Crippen LogP) is 0.239. The Morgan fingerprint density at radius 1 is 1.50 bits per heavy atom. The molecule has 0 radical (unpaired) electrons. The fraction of sp³-hybridized carbons (Fsp3) is 0.846. The highest BCUT2D eigenvalue weighted by atomic mass is 16.2. The van der Waals surface area contributed by atoms with E-state index < -0.39 is 6.04 Å². The number of hydrogen-bond donors (Lipinski definition) is 2. The zero-order valence-electron chi connectivity index (χ0n) is 11.2. The van der Waals surface area contributed by atoms with Crippen LogP contribution in [0.2, 0.25) is 0 Å². The van der Waals surface area contributed by atoms with Crippen LogP contribution in [-0.4, -0.2) is 41.4 Å². The molecule has 2 atom stereocenters. The van der Waals surface area contributed by atoms with Crippen LogP contribution < -0.4 is 11.1 Å². The Balaban J connectivity index is 1.79. The molecule has 1 heterocycles. The number of nitrogens with two attached hydrogens (primary N) is 1. The van der Waals surface area contributed by atoms with Gasteiger partial charge in [0.15, 0.2) is 0 Å². The molecule has 2 fully saturated rings. The molecule has 1 saturated carbocycles. The van der Waals surface area contributed by atoms with Crippen LogP contribution in [0.4, 0.5) is 0 Å². The molecule has 1 unspecified atom stereocenters. The van der Waals surface area contributed by atoms with Crippen LogP contribution in [0.1, 0.15) is 39.5 Å². The molecule has 0 aromatic heterocycles. The van der Waals surface area contributed by atoms with Crippen molar-refractivity contribution in [3.05, 3.63) is 0 Å². The maximum absolute atomic E-state index is 11.9. The van der Waals surface area contributed by atoms with Gasteiger partial charge in [0.05, 0.1) is 12.1 Å². The molecule has 0 aromatic carbocycles. The van der Waals surface area contributed by atoms with Crippen LogP contribution in [0.15, 0.2) is 0 Å². The largest absolute Gasteiger partial charge is 0.350 e. The Kier molecular flexibility index (Phi) is 3.90. The first kappa shape index (κ1) is 13.3. The number of rotatable bonds is 5. The Labute approximate surface area is 108 Å². The normalized spacial score (nSPS) is 25.7. The maximum Gasteiger partial charge on any atom is 0.237 e. The first-order chi connectivity index (χ1) is 8.47. The predicted molar refractivity (Wildman–Crippen MR) is 68.7 cm³/mol.